The molecule has 0 aliphatic heterocycles. The van der Waals surface area contributed by atoms with E-state index >= 15 is 0 Å². The number of nitrogens with two attached hydrogens (primary N) is 1. The number of likely N-dealkylation sites (N-methyl/N-ethyl adjacent to an activating group) is 1. The number of rotatable bonds is 9. The molecular weight excluding hydrogens is 232 g/mol. The van der Waals surface area contributed by atoms with Crippen LogP contribution in [-0.4, -0.2) is 30.1 Å². The van der Waals surface area contributed by atoms with Crippen LogP contribution in [0.1, 0.15) is 66.7 Å². The minimum absolute atomic E-state index is 0.229. The van der Waals surface area contributed by atoms with Crippen LogP contribution < -0.4 is 5.73 Å². The molecular formula is C17H36N2. The minimum Gasteiger partial charge on any atom is -0.329 e. The van der Waals surface area contributed by atoms with Crippen LogP contribution in [0.2, 0.25) is 0 Å². The van der Waals surface area contributed by atoms with E-state index in [9.17, 15) is 0 Å². The highest BCUT2D eigenvalue weighted by atomic mass is 15.2. The molecule has 0 bridgehead atoms. The molecule has 0 amide bonds. The number of nitrogens with zero attached hydrogens (tertiary/aromatic N) is 1. The van der Waals surface area contributed by atoms with Crippen LogP contribution in [0.4, 0.5) is 0 Å². The summed E-state index contributed by atoms with van der Waals surface area (Å²) in [6.45, 7) is 14.9. The quantitative estimate of drug-likeness (QED) is 0.687. The monoisotopic (exact) mass is 268 g/mol. The van der Waals surface area contributed by atoms with Crippen molar-refractivity contribution >= 4 is 0 Å². The average molecular weight is 268 g/mol. The van der Waals surface area contributed by atoms with Crippen molar-refractivity contribution in [3.63, 3.8) is 0 Å². The Hall–Kier alpha value is -0.0800. The average Bonchev–Trinajstić information content (AvgIpc) is 2.25. The first kappa shape index (κ1) is 17.0. The molecule has 2 heteroatoms. The maximum absolute atomic E-state index is 6.27. The first-order chi connectivity index (χ1) is 8.93. The molecule has 0 unspecified atom stereocenters. The first-order valence-corrected chi connectivity index (χ1v) is 8.38. The Morgan fingerprint density at radius 3 is 1.89 bits per heavy atom. The van der Waals surface area contributed by atoms with Gasteiger partial charge in [-0.2, -0.15) is 0 Å². The molecule has 1 fully saturated rings. The highest BCUT2D eigenvalue weighted by molar-refractivity contribution is 4.94. The molecule has 0 saturated heterocycles. The summed E-state index contributed by atoms with van der Waals surface area (Å²) in [4.78, 5) is 2.72. The van der Waals surface area contributed by atoms with E-state index in [1.807, 2.05) is 0 Å². The van der Waals surface area contributed by atoms with E-state index in [0.29, 0.717) is 0 Å². The van der Waals surface area contributed by atoms with Gasteiger partial charge in [-0.05, 0) is 50.0 Å². The molecule has 0 heterocycles. The lowest BCUT2D eigenvalue weighted by Crippen LogP contribution is -2.57. The lowest BCUT2D eigenvalue weighted by molar-refractivity contribution is 0.0314. The van der Waals surface area contributed by atoms with Crippen LogP contribution in [-0.2, 0) is 0 Å². The van der Waals surface area contributed by atoms with E-state index in [1.165, 1.54) is 38.6 Å². The van der Waals surface area contributed by atoms with Crippen molar-refractivity contribution in [3.05, 3.63) is 0 Å². The lowest BCUT2D eigenvalue weighted by Gasteiger charge is -2.48. The minimum atomic E-state index is 0.229. The molecule has 2 nitrogen and oxygen atoms in total. The smallest absolute Gasteiger partial charge is 0.0336 e. The van der Waals surface area contributed by atoms with Crippen LogP contribution in [0.25, 0.3) is 0 Å². The third-order valence-electron chi connectivity index (χ3n) is 4.71. The zero-order valence-electron chi connectivity index (χ0n) is 13.9. The van der Waals surface area contributed by atoms with Crippen LogP contribution in [0.15, 0.2) is 0 Å². The summed E-state index contributed by atoms with van der Waals surface area (Å²) in [7, 11) is 0. The van der Waals surface area contributed by atoms with Crippen molar-refractivity contribution in [1.29, 1.82) is 0 Å². The van der Waals surface area contributed by atoms with Crippen LogP contribution >= 0.6 is 0 Å². The summed E-state index contributed by atoms with van der Waals surface area (Å²) in [6, 6.07) is 0. The molecule has 0 spiro atoms. The maximum atomic E-state index is 6.27. The van der Waals surface area contributed by atoms with Crippen LogP contribution in [0, 0.1) is 17.8 Å². The summed E-state index contributed by atoms with van der Waals surface area (Å²) in [6.07, 6.45) is 6.78. The van der Waals surface area contributed by atoms with E-state index in [0.717, 1.165) is 30.8 Å². The summed E-state index contributed by atoms with van der Waals surface area (Å²) < 4.78 is 0. The second-order valence-corrected chi connectivity index (χ2v) is 7.46. The molecule has 0 aromatic carbocycles. The van der Waals surface area contributed by atoms with Crippen LogP contribution in [0.3, 0.4) is 0 Å². The molecule has 1 saturated carbocycles. The van der Waals surface area contributed by atoms with E-state index < -0.39 is 0 Å². The predicted octanol–water partition coefficient (Wildman–Crippen LogP) is 3.90. The summed E-state index contributed by atoms with van der Waals surface area (Å²) >= 11 is 0. The molecule has 0 aromatic heterocycles. The van der Waals surface area contributed by atoms with Gasteiger partial charge in [-0.25, -0.2) is 0 Å². The van der Waals surface area contributed by atoms with Gasteiger partial charge in [0.15, 0.2) is 0 Å². The van der Waals surface area contributed by atoms with Gasteiger partial charge in [-0.15, -0.1) is 0 Å². The van der Waals surface area contributed by atoms with Crippen molar-refractivity contribution in [3.8, 4) is 0 Å². The lowest BCUT2D eigenvalue weighted by atomic mass is 9.78. The van der Waals surface area contributed by atoms with Gasteiger partial charge in [0, 0.05) is 18.6 Å². The summed E-state index contributed by atoms with van der Waals surface area (Å²) in [5.41, 5.74) is 6.50. The zero-order valence-corrected chi connectivity index (χ0v) is 13.9. The molecule has 2 N–H and O–H groups in total. The number of hydrogen-bond acceptors (Lipinski definition) is 2. The SMILES string of the molecule is CCN(CC1CCC1)C(CN)(CC(C)C)CC(C)C. The molecule has 1 aliphatic carbocycles. The largest absolute Gasteiger partial charge is 0.329 e. The third-order valence-corrected chi connectivity index (χ3v) is 4.71. The fourth-order valence-corrected chi connectivity index (χ4v) is 3.80. The normalized spacial score (nSPS) is 17.5. The second-order valence-electron chi connectivity index (χ2n) is 7.46. The highest BCUT2D eigenvalue weighted by Gasteiger charge is 2.37. The summed E-state index contributed by atoms with van der Waals surface area (Å²) in [5, 5.41) is 0. The molecule has 0 aromatic rings. The fraction of sp³-hybridized carbons (Fsp3) is 1.00. The second kappa shape index (κ2) is 7.64. The van der Waals surface area contributed by atoms with Gasteiger partial charge in [-0.1, -0.05) is 41.0 Å². The Balaban J connectivity index is 2.81. The van der Waals surface area contributed by atoms with Gasteiger partial charge in [0.05, 0.1) is 0 Å². The predicted molar refractivity (Wildman–Crippen MR) is 85.3 cm³/mol. The van der Waals surface area contributed by atoms with E-state index in [2.05, 4.69) is 39.5 Å². The van der Waals surface area contributed by atoms with Gasteiger partial charge in [0.1, 0.15) is 0 Å². The van der Waals surface area contributed by atoms with Gasteiger partial charge < -0.3 is 5.73 Å². The van der Waals surface area contributed by atoms with E-state index in [4.69, 9.17) is 5.73 Å². The van der Waals surface area contributed by atoms with Gasteiger partial charge in [0.2, 0.25) is 0 Å². The molecule has 19 heavy (non-hydrogen) atoms. The molecule has 1 aliphatic rings. The zero-order chi connectivity index (χ0) is 14.5. The third kappa shape index (κ3) is 4.75. The van der Waals surface area contributed by atoms with Crippen molar-refractivity contribution < 1.29 is 0 Å². The van der Waals surface area contributed by atoms with Crippen molar-refractivity contribution in [1.82, 2.24) is 4.90 Å². The van der Waals surface area contributed by atoms with Crippen molar-refractivity contribution in [2.45, 2.75) is 72.3 Å². The topological polar surface area (TPSA) is 29.3 Å². The van der Waals surface area contributed by atoms with Crippen LogP contribution in [0.5, 0.6) is 0 Å². The first-order valence-electron chi connectivity index (χ1n) is 8.38. The maximum Gasteiger partial charge on any atom is 0.0336 e. The van der Waals surface area contributed by atoms with Gasteiger partial charge in [-0.3, -0.25) is 4.90 Å². The fourth-order valence-electron chi connectivity index (χ4n) is 3.80. The summed E-state index contributed by atoms with van der Waals surface area (Å²) in [5.74, 6) is 2.38. The molecule has 0 atom stereocenters. The van der Waals surface area contributed by atoms with Crippen molar-refractivity contribution in [2.75, 3.05) is 19.6 Å². The Labute approximate surface area is 121 Å². The highest BCUT2D eigenvalue weighted by Crippen LogP contribution is 2.34. The van der Waals surface area contributed by atoms with Gasteiger partial charge in [0.25, 0.3) is 0 Å². The Bertz CT molecular complexity index is 234. The Morgan fingerprint density at radius 1 is 1.11 bits per heavy atom. The molecule has 1 rings (SSSR count). The standard InChI is InChI=1S/C17H36N2/c1-6-19(12-16-8-7-9-16)17(13-18,10-14(2)3)11-15(4)5/h14-16H,6-13,18H2,1-5H3. The van der Waals surface area contributed by atoms with Crippen molar-refractivity contribution in [2.24, 2.45) is 23.5 Å². The Kier molecular flexibility index (Phi) is 6.82. The number of hydrogen-bond donors (Lipinski definition) is 1. The Morgan fingerprint density at radius 2 is 1.63 bits per heavy atom. The molecule has 114 valence electrons. The van der Waals surface area contributed by atoms with Gasteiger partial charge >= 0.3 is 0 Å². The van der Waals surface area contributed by atoms with E-state index in [1.54, 1.807) is 0 Å². The molecule has 0 radical (unpaired) electrons. The van der Waals surface area contributed by atoms with E-state index in [-0.39, 0.29) is 5.54 Å².